The molecule has 0 radical (unpaired) electrons. The van der Waals surface area contributed by atoms with Crippen LogP contribution < -0.4 is 10.5 Å². The molecule has 0 unspecified atom stereocenters. The van der Waals surface area contributed by atoms with Crippen LogP contribution >= 0.6 is 15.9 Å². The topological polar surface area (TPSA) is 85.1 Å². The molecule has 1 aromatic heterocycles. The van der Waals surface area contributed by atoms with Crippen molar-refractivity contribution in [2.45, 2.75) is 11.4 Å². The highest BCUT2D eigenvalue weighted by Gasteiger charge is 2.23. The average molecular weight is 378 g/mol. The van der Waals surface area contributed by atoms with E-state index in [4.69, 9.17) is 5.73 Å². The molecule has 0 bridgehead atoms. The number of rotatable bonds is 4. The number of anilines is 1. The molecule has 0 aliphatic heterocycles. The van der Waals surface area contributed by atoms with E-state index < -0.39 is 38.7 Å². The van der Waals surface area contributed by atoms with E-state index in [-0.39, 0.29) is 5.82 Å². The van der Waals surface area contributed by atoms with Crippen LogP contribution in [0.25, 0.3) is 0 Å². The third-order valence-corrected chi connectivity index (χ3v) is 4.45. The molecule has 0 spiro atoms. The van der Waals surface area contributed by atoms with Crippen LogP contribution in [0, 0.1) is 11.6 Å². The van der Waals surface area contributed by atoms with Crippen LogP contribution in [-0.2, 0) is 16.6 Å². The Morgan fingerprint density at radius 2 is 1.95 bits per heavy atom. The average Bonchev–Trinajstić information content (AvgIpc) is 2.41. The Morgan fingerprint density at radius 3 is 2.52 bits per heavy atom. The van der Waals surface area contributed by atoms with Crippen molar-refractivity contribution < 1.29 is 17.2 Å². The third-order valence-electron chi connectivity index (χ3n) is 2.61. The lowest BCUT2D eigenvalue weighted by Crippen LogP contribution is -2.17. The fourth-order valence-electron chi connectivity index (χ4n) is 1.60. The van der Waals surface area contributed by atoms with Gasteiger partial charge in [0.2, 0.25) is 0 Å². The van der Waals surface area contributed by atoms with Crippen LogP contribution in [0.1, 0.15) is 5.56 Å². The van der Waals surface area contributed by atoms with Gasteiger partial charge in [-0.25, -0.2) is 22.2 Å². The normalized spacial score (nSPS) is 11.4. The highest BCUT2D eigenvalue weighted by molar-refractivity contribution is 9.10. The number of nitrogens with two attached hydrogens (primary N) is 1. The van der Waals surface area contributed by atoms with Crippen LogP contribution in [0.3, 0.4) is 0 Å². The molecule has 9 heteroatoms. The molecule has 2 aromatic rings. The number of sulfonamides is 1. The fraction of sp³-hybridized carbons (Fsp3) is 0.0833. The summed E-state index contributed by atoms with van der Waals surface area (Å²) < 4.78 is 54.4. The van der Waals surface area contributed by atoms with Gasteiger partial charge in [-0.15, -0.1) is 0 Å². The maximum absolute atomic E-state index is 14.0. The molecule has 0 fully saturated rings. The van der Waals surface area contributed by atoms with E-state index in [9.17, 15) is 17.2 Å². The summed E-state index contributed by atoms with van der Waals surface area (Å²) in [4.78, 5) is 3.13. The highest BCUT2D eigenvalue weighted by Crippen LogP contribution is 2.23. The number of pyridine rings is 1. The van der Waals surface area contributed by atoms with Gasteiger partial charge < -0.3 is 5.73 Å². The van der Waals surface area contributed by atoms with Crippen molar-refractivity contribution in [3.05, 3.63) is 52.1 Å². The Hall–Kier alpha value is -1.58. The Kier molecular flexibility index (Phi) is 4.55. The zero-order valence-corrected chi connectivity index (χ0v) is 12.9. The van der Waals surface area contributed by atoms with Crippen LogP contribution in [0.2, 0.25) is 0 Å². The number of aromatic nitrogens is 1. The Balaban J connectivity index is 2.42. The smallest absolute Gasteiger partial charge is 0.265 e. The highest BCUT2D eigenvalue weighted by atomic mass is 79.9. The first-order valence-electron chi connectivity index (χ1n) is 5.66. The molecule has 2 rings (SSSR count). The summed E-state index contributed by atoms with van der Waals surface area (Å²) in [6, 6.07) is 4.66. The molecule has 5 nitrogen and oxygen atoms in total. The molecule has 0 aliphatic rings. The molecule has 1 heterocycles. The van der Waals surface area contributed by atoms with Gasteiger partial charge in [-0.3, -0.25) is 4.72 Å². The first-order chi connectivity index (χ1) is 9.85. The van der Waals surface area contributed by atoms with E-state index in [0.29, 0.717) is 4.47 Å². The van der Waals surface area contributed by atoms with Crippen molar-refractivity contribution in [3.63, 3.8) is 0 Å². The minimum absolute atomic E-state index is 0.0104. The number of nitrogens with one attached hydrogen (secondary N) is 1. The summed E-state index contributed by atoms with van der Waals surface area (Å²) in [6.07, 6.45) is 1.38. The van der Waals surface area contributed by atoms with E-state index in [2.05, 4.69) is 25.6 Å². The molecule has 0 saturated carbocycles. The quantitative estimate of drug-likeness (QED) is 0.856. The molecule has 0 saturated heterocycles. The molecule has 3 N–H and O–H groups in total. The molecule has 0 amide bonds. The Bertz CT molecular complexity index is 767. The monoisotopic (exact) mass is 377 g/mol. The van der Waals surface area contributed by atoms with Crippen molar-refractivity contribution >= 4 is 31.8 Å². The lowest BCUT2D eigenvalue weighted by atomic mass is 10.2. The predicted molar refractivity (Wildman–Crippen MR) is 77.0 cm³/mol. The second-order valence-corrected chi connectivity index (χ2v) is 6.58. The number of hydrogen-bond donors (Lipinski definition) is 2. The molecule has 1 aromatic carbocycles. The number of benzene rings is 1. The van der Waals surface area contributed by atoms with E-state index >= 15 is 0 Å². The molecular weight excluding hydrogens is 368 g/mol. The van der Waals surface area contributed by atoms with Crippen LogP contribution in [0.15, 0.2) is 39.8 Å². The van der Waals surface area contributed by atoms with Gasteiger partial charge in [0.25, 0.3) is 10.0 Å². The van der Waals surface area contributed by atoms with Gasteiger partial charge in [0.15, 0.2) is 5.82 Å². The molecule has 0 aliphatic carbocycles. The summed E-state index contributed by atoms with van der Waals surface area (Å²) in [7, 11) is -4.23. The third kappa shape index (κ3) is 3.36. The number of halogens is 3. The minimum atomic E-state index is -4.23. The fourth-order valence-corrected chi connectivity index (χ4v) is 2.95. The maximum Gasteiger partial charge on any atom is 0.265 e. The zero-order valence-electron chi connectivity index (χ0n) is 10.5. The van der Waals surface area contributed by atoms with Gasteiger partial charge in [-0.2, -0.15) is 0 Å². The lowest BCUT2D eigenvalue weighted by Gasteiger charge is -2.10. The van der Waals surface area contributed by atoms with Gasteiger partial charge in [0, 0.05) is 22.8 Å². The van der Waals surface area contributed by atoms with E-state index in [1.165, 1.54) is 12.3 Å². The van der Waals surface area contributed by atoms with Crippen molar-refractivity contribution in [1.29, 1.82) is 0 Å². The van der Waals surface area contributed by atoms with Crippen molar-refractivity contribution in [2.24, 2.45) is 5.73 Å². The van der Waals surface area contributed by atoms with Crippen molar-refractivity contribution in [1.82, 2.24) is 4.98 Å². The van der Waals surface area contributed by atoms with Gasteiger partial charge >= 0.3 is 0 Å². The summed E-state index contributed by atoms with van der Waals surface area (Å²) in [5, 5.41) is 0. The zero-order chi connectivity index (χ0) is 15.6. The van der Waals surface area contributed by atoms with Crippen LogP contribution in [0.5, 0.6) is 0 Å². The maximum atomic E-state index is 14.0. The number of hydrogen-bond acceptors (Lipinski definition) is 4. The Morgan fingerprint density at radius 1 is 1.24 bits per heavy atom. The molecule has 112 valence electrons. The standard InChI is InChI=1S/C12H10BrF2N3O2S/c13-7-1-4-11(17-6-7)18-21(19,20)10-3-2-9(14)8(5-16)12(10)15/h1-4,6H,5,16H2,(H,17,18). The van der Waals surface area contributed by atoms with E-state index in [1.54, 1.807) is 6.07 Å². The Labute approximate surface area is 128 Å². The molecule has 21 heavy (non-hydrogen) atoms. The largest absolute Gasteiger partial charge is 0.326 e. The van der Waals surface area contributed by atoms with E-state index in [0.717, 1.165) is 12.1 Å². The minimum Gasteiger partial charge on any atom is -0.326 e. The first-order valence-corrected chi connectivity index (χ1v) is 7.94. The van der Waals surface area contributed by atoms with Gasteiger partial charge in [-0.1, -0.05) is 0 Å². The second-order valence-electron chi connectivity index (χ2n) is 4.01. The number of nitrogens with zero attached hydrogens (tertiary/aromatic N) is 1. The van der Waals surface area contributed by atoms with E-state index in [1.807, 2.05) is 0 Å². The summed E-state index contributed by atoms with van der Waals surface area (Å²) in [5.41, 5.74) is 4.74. The van der Waals surface area contributed by atoms with Crippen molar-refractivity contribution in [2.75, 3.05) is 4.72 Å². The molecule has 0 atom stereocenters. The van der Waals surface area contributed by atoms with Crippen LogP contribution in [0.4, 0.5) is 14.6 Å². The van der Waals surface area contributed by atoms with Crippen molar-refractivity contribution in [3.8, 4) is 0 Å². The van der Waals surface area contributed by atoms with Crippen LogP contribution in [-0.4, -0.2) is 13.4 Å². The van der Waals surface area contributed by atoms with Gasteiger partial charge in [-0.05, 0) is 40.2 Å². The lowest BCUT2D eigenvalue weighted by molar-refractivity contribution is 0.530. The second kappa shape index (κ2) is 6.04. The predicted octanol–water partition coefficient (Wildman–Crippen LogP) is 2.38. The SMILES string of the molecule is NCc1c(F)ccc(S(=O)(=O)Nc2ccc(Br)cn2)c1F. The summed E-state index contributed by atoms with van der Waals surface area (Å²) in [6.45, 7) is -0.447. The first kappa shape index (κ1) is 15.8. The van der Waals surface area contributed by atoms with Gasteiger partial charge in [0.1, 0.15) is 16.5 Å². The van der Waals surface area contributed by atoms with Gasteiger partial charge in [0.05, 0.1) is 0 Å². The summed E-state index contributed by atoms with van der Waals surface area (Å²) >= 11 is 3.15. The summed E-state index contributed by atoms with van der Waals surface area (Å²) in [5.74, 6) is -2.09. The molecular formula is C12H10BrF2N3O2S.